The van der Waals surface area contributed by atoms with Gasteiger partial charge in [0.25, 0.3) is 0 Å². The van der Waals surface area contributed by atoms with Crippen LogP contribution in [0.2, 0.25) is 0 Å². The molecule has 0 bridgehead atoms. The summed E-state index contributed by atoms with van der Waals surface area (Å²) < 4.78 is 11.0. The van der Waals surface area contributed by atoms with Crippen LogP contribution in [-0.4, -0.2) is 23.8 Å². The van der Waals surface area contributed by atoms with Crippen LogP contribution in [-0.2, 0) is 20.4 Å². The number of imidazole rings is 2. The number of fused-ring (bicyclic) bond motifs is 12. The van der Waals surface area contributed by atoms with Gasteiger partial charge in [-0.25, -0.2) is 4.98 Å². The Morgan fingerprint density at radius 3 is 1.78 bits per heavy atom. The van der Waals surface area contributed by atoms with Gasteiger partial charge in [0.05, 0.1) is 28.4 Å². The summed E-state index contributed by atoms with van der Waals surface area (Å²) in [7, 11) is 0. The van der Waals surface area contributed by atoms with E-state index < -0.39 is 0 Å². The minimum absolute atomic E-state index is 0. The van der Waals surface area contributed by atoms with E-state index in [1.165, 1.54) is 0 Å². The molecule has 256 valence electrons. The molecule has 0 N–H and O–H groups in total. The Morgan fingerprint density at radius 1 is 0.463 bits per heavy atom. The number of benzene rings is 6. The van der Waals surface area contributed by atoms with E-state index in [-0.39, 0.29) is 20.4 Å². The Hall–Kier alpha value is -6.65. The smallest absolute Gasteiger partial charge is 0.497 e. The van der Waals surface area contributed by atoms with Crippen molar-refractivity contribution in [1.82, 2.24) is 23.8 Å². The van der Waals surface area contributed by atoms with Gasteiger partial charge in [-0.3, -0.25) is 9.97 Å². The van der Waals surface area contributed by atoms with Gasteiger partial charge in [-0.1, -0.05) is 161 Å². The first-order valence-corrected chi connectivity index (χ1v) is 17.5. The quantitative estimate of drug-likeness (QED) is 0.0991. The van der Waals surface area contributed by atoms with Crippen LogP contribution >= 0.6 is 0 Å². The number of hydrogen-bond donors (Lipinski definition) is 0. The second-order valence-corrected chi connectivity index (χ2v) is 13.1. The summed E-state index contributed by atoms with van der Waals surface area (Å²) in [6.45, 7) is 0. The predicted molar refractivity (Wildman–Crippen MR) is 212 cm³/mol. The van der Waals surface area contributed by atoms with Gasteiger partial charge in [-0.2, -0.15) is 0 Å². The first-order valence-electron chi connectivity index (χ1n) is 17.5. The van der Waals surface area contributed by atoms with Crippen LogP contribution in [0.4, 0.5) is 0 Å². The maximum absolute atomic E-state index is 6.61. The SMILES string of the molecule is [Pd+2].[c-]1c(Oc2[c-]c3c(cc2)c2cccnc2n2c(-c4ccccc4)cnc32)ccc2c1c1nc(-c3ccccc3)c(-c3ccccc3)n1c1ccccc21. The van der Waals surface area contributed by atoms with Crippen LogP contribution in [0, 0.1) is 12.1 Å². The van der Waals surface area contributed by atoms with Crippen LogP contribution in [0.15, 0.2) is 164 Å². The molecule has 6 nitrogen and oxygen atoms in total. The van der Waals surface area contributed by atoms with E-state index in [9.17, 15) is 0 Å². The molecule has 0 saturated carbocycles. The van der Waals surface area contributed by atoms with Crippen LogP contribution in [0.25, 0.3) is 88.5 Å². The zero-order chi connectivity index (χ0) is 34.9. The second-order valence-electron chi connectivity index (χ2n) is 13.1. The Balaban J connectivity index is 0.00000361. The zero-order valence-corrected chi connectivity index (χ0v) is 30.1. The monoisotopic (exact) mass is 783 g/mol. The van der Waals surface area contributed by atoms with Crippen molar-refractivity contribution in [2.45, 2.75) is 0 Å². The summed E-state index contributed by atoms with van der Waals surface area (Å²) in [5.41, 5.74) is 9.62. The van der Waals surface area contributed by atoms with Gasteiger partial charge in [0.15, 0.2) is 0 Å². The molecule has 5 aromatic heterocycles. The van der Waals surface area contributed by atoms with E-state index in [4.69, 9.17) is 19.7 Å². The molecule has 0 unspecified atom stereocenters. The van der Waals surface area contributed by atoms with Gasteiger partial charge in [0.1, 0.15) is 5.65 Å². The maximum atomic E-state index is 6.61. The molecule has 0 fully saturated rings. The van der Waals surface area contributed by atoms with Gasteiger partial charge in [0, 0.05) is 35.0 Å². The number of para-hydroxylation sites is 1. The van der Waals surface area contributed by atoms with Gasteiger partial charge < -0.3 is 13.5 Å². The maximum Gasteiger partial charge on any atom is 2.00 e. The molecule has 0 radical (unpaired) electrons. The predicted octanol–water partition coefficient (Wildman–Crippen LogP) is 11.4. The van der Waals surface area contributed by atoms with Crippen LogP contribution in [0.5, 0.6) is 11.5 Å². The standard InChI is InChI=1S/C47H27N5O.Pd/c1-4-13-30(14-5-1)42-29-49-46-39-27-33(23-25-36(39)38-20-12-26-48-45(38)52(42)46)53-34-22-24-35-37-19-10-11-21-41(37)51-44(32-17-8-3-9-18-32)43(31-15-6-2-7-16-31)50-47(51)40(35)28-34;/h1-26,29H;/q-2;+2. The van der Waals surface area contributed by atoms with Gasteiger partial charge in [-0.05, 0) is 34.0 Å². The average molecular weight is 784 g/mol. The minimum Gasteiger partial charge on any atom is -0.497 e. The fourth-order valence-corrected chi connectivity index (χ4v) is 7.71. The Morgan fingerprint density at radius 2 is 1.06 bits per heavy atom. The number of ether oxygens (including phenoxy) is 1. The van der Waals surface area contributed by atoms with Gasteiger partial charge >= 0.3 is 20.4 Å². The summed E-state index contributed by atoms with van der Waals surface area (Å²) in [4.78, 5) is 15.1. The molecule has 0 amide bonds. The second kappa shape index (κ2) is 12.8. The molecule has 0 atom stereocenters. The Labute approximate surface area is 323 Å². The molecule has 0 aliphatic rings. The molecule has 0 saturated heterocycles. The van der Waals surface area contributed by atoms with Crippen molar-refractivity contribution in [3.8, 4) is 45.3 Å². The number of nitrogens with zero attached hydrogens (tertiary/aromatic N) is 5. The van der Waals surface area contributed by atoms with E-state index in [2.05, 4.69) is 124 Å². The van der Waals surface area contributed by atoms with E-state index >= 15 is 0 Å². The zero-order valence-electron chi connectivity index (χ0n) is 28.5. The van der Waals surface area contributed by atoms with Crippen molar-refractivity contribution in [2.24, 2.45) is 0 Å². The number of rotatable bonds is 5. The number of aromatic nitrogens is 5. The average Bonchev–Trinajstić information content (AvgIpc) is 3.86. The van der Waals surface area contributed by atoms with Gasteiger partial charge in [-0.15, -0.1) is 12.1 Å². The van der Waals surface area contributed by atoms with Crippen LogP contribution < -0.4 is 4.74 Å². The van der Waals surface area contributed by atoms with E-state index in [0.717, 1.165) is 88.5 Å². The third-order valence-electron chi connectivity index (χ3n) is 10.0. The van der Waals surface area contributed by atoms with Crippen LogP contribution in [0.3, 0.4) is 0 Å². The van der Waals surface area contributed by atoms with Crippen LogP contribution in [0.1, 0.15) is 0 Å². The summed E-state index contributed by atoms with van der Waals surface area (Å²) in [5, 5.41) is 5.92. The van der Waals surface area contributed by atoms with Crippen molar-refractivity contribution in [3.05, 3.63) is 176 Å². The molecule has 5 heterocycles. The van der Waals surface area contributed by atoms with Crippen molar-refractivity contribution < 1.29 is 25.2 Å². The molecule has 6 aromatic carbocycles. The largest absolute Gasteiger partial charge is 2.00 e. The molecule has 11 aromatic rings. The first kappa shape index (κ1) is 32.0. The Kier molecular flexibility index (Phi) is 7.59. The molecule has 11 rings (SSSR count). The van der Waals surface area contributed by atoms with E-state index in [1.54, 1.807) is 0 Å². The summed E-state index contributed by atoms with van der Waals surface area (Å²) >= 11 is 0. The number of hydrogen-bond acceptors (Lipinski definition) is 4. The molecular formula is C47H27N5OPd. The topological polar surface area (TPSA) is 56.7 Å². The third kappa shape index (κ3) is 4.94. The fourth-order valence-electron chi connectivity index (χ4n) is 7.71. The van der Waals surface area contributed by atoms with E-state index in [1.807, 2.05) is 60.9 Å². The summed E-state index contributed by atoms with van der Waals surface area (Å²) in [6.07, 6.45) is 3.73. The molecule has 54 heavy (non-hydrogen) atoms. The molecular weight excluding hydrogens is 757 g/mol. The molecule has 0 spiro atoms. The van der Waals surface area contributed by atoms with E-state index in [0.29, 0.717) is 11.5 Å². The molecule has 0 aliphatic carbocycles. The summed E-state index contributed by atoms with van der Waals surface area (Å²) in [5.74, 6) is 1.14. The minimum atomic E-state index is 0. The van der Waals surface area contributed by atoms with Gasteiger partial charge in [0.2, 0.25) is 0 Å². The third-order valence-corrected chi connectivity index (χ3v) is 10.0. The number of pyridine rings is 3. The van der Waals surface area contributed by atoms with Crippen molar-refractivity contribution in [1.29, 1.82) is 0 Å². The normalized spacial score (nSPS) is 11.6. The molecule has 0 aliphatic heterocycles. The Bertz CT molecular complexity index is 3190. The molecule has 7 heteroatoms. The summed E-state index contributed by atoms with van der Waals surface area (Å²) in [6, 6.07) is 59.0. The van der Waals surface area contributed by atoms with Crippen molar-refractivity contribution >= 4 is 54.8 Å². The fraction of sp³-hybridized carbons (Fsp3) is 0. The first-order chi connectivity index (χ1) is 26.3. The van der Waals surface area contributed by atoms with Crippen molar-refractivity contribution in [2.75, 3.05) is 0 Å². The van der Waals surface area contributed by atoms with Crippen molar-refractivity contribution in [3.63, 3.8) is 0 Å².